The lowest BCUT2D eigenvalue weighted by molar-refractivity contribution is 0.0518. The highest BCUT2D eigenvalue weighted by Crippen LogP contribution is 2.41. The molecule has 10 heteroatoms. The molecule has 1 aliphatic heterocycles. The average Bonchev–Trinajstić information content (AvgIpc) is 2.72. The van der Waals surface area contributed by atoms with Gasteiger partial charge in [-0.25, -0.2) is 4.79 Å². The Labute approximate surface area is 182 Å². The minimum Gasteiger partial charge on any atom is -0.481 e. The van der Waals surface area contributed by atoms with Crippen LogP contribution >= 0.6 is 0 Å². The quantitative estimate of drug-likeness (QED) is 0.475. The number of methoxy groups -OCH3 is 2. The van der Waals surface area contributed by atoms with Crippen molar-refractivity contribution in [3.63, 3.8) is 0 Å². The van der Waals surface area contributed by atoms with Gasteiger partial charge in [-0.3, -0.25) is 0 Å². The number of anilines is 1. The van der Waals surface area contributed by atoms with E-state index in [1.54, 1.807) is 12.1 Å². The number of ether oxygens (including phenoxy) is 5. The zero-order chi connectivity index (χ0) is 22.6. The average molecular weight is 446 g/mol. The third-order valence-corrected chi connectivity index (χ3v) is 6.11. The van der Waals surface area contributed by atoms with Crippen LogP contribution in [0.3, 0.4) is 0 Å². The Kier molecular flexibility index (Phi) is 6.69. The smallest absolute Gasteiger partial charge is 0.345 e. The zero-order valence-electron chi connectivity index (χ0n) is 18.4. The summed E-state index contributed by atoms with van der Waals surface area (Å²) in [4.78, 5) is 21.4. The molecule has 3 rings (SSSR count). The second-order valence-electron chi connectivity index (χ2n) is 8.09. The van der Waals surface area contributed by atoms with E-state index in [0.717, 1.165) is 6.04 Å². The van der Waals surface area contributed by atoms with Crippen LogP contribution in [0.1, 0.15) is 10.4 Å². The highest BCUT2D eigenvalue weighted by atomic mass is 28.3. The van der Waals surface area contributed by atoms with E-state index in [1.807, 2.05) is 0 Å². The van der Waals surface area contributed by atoms with Gasteiger partial charge in [0.05, 0.1) is 39.1 Å². The van der Waals surface area contributed by atoms with Crippen molar-refractivity contribution in [2.45, 2.75) is 25.7 Å². The molecule has 1 aromatic carbocycles. The molecule has 31 heavy (non-hydrogen) atoms. The van der Waals surface area contributed by atoms with E-state index in [2.05, 4.69) is 41.5 Å². The van der Waals surface area contributed by atoms with E-state index < -0.39 is 14.0 Å². The topological polar surface area (TPSA) is 101 Å². The summed E-state index contributed by atoms with van der Waals surface area (Å²) in [5.74, 6) is 0.900. The van der Waals surface area contributed by atoms with Gasteiger partial charge in [0.15, 0.2) is 5.75 Å². The van der Waals surface area contributed by atoms with Gasteiger partial charge in [-0.05, 0) is 18.2 Å². The molecule has 1 aromatic heterocycles. The second-order valence-corrected chi connectivity index (χ2v) is 13.7. The highest BCUT2D eigenvalue weighted by Gasteiger charge is 2.28. The summed E-state index contributed by atoms with van der Waals surface area (Å²) in [6, 6.07) is 5.69. The number of carbonyl (C=O) groups is 1. The van der Waals surface area contributed by atoms with Crippen LogP contribution in [-0.2, 0) is 4.74 Å². The second kappa shape index (κ2) is 9.25. The fourth-order valence-corrected chi connectivity index (χ4v) is 3.44. The molecule has 0 amide bonds. The number of esters is 1. The molecule has 1 N–H and O–H groups in total. The van der Waals surface area contributed by atoms with Crippen LogP contribution < -0.4 is 24.3 Å². The lowest BCUT2D eigenvalue weighted by atomic mass is 10.1. The van der Waals surface area contributed by atoms with Crippen molar-refractivity contribution in [1.29, 1.82) is 0 Å². The Morgan fingerprint density at radius 2 is 1.87 bits per heavy atom. The Morgan fingerprint density at radius 3 is 2.48 bits per heavy atom. The van der Waals surface area contributed by atoms with Crippen LogP contribution in [0.15, 0.2) is 30.5 Å². The molecular weight excluding hydrogens is 418 g/mol. The van der Waals surface area contributed by atoms with Gasteiger partial charge in [0.25, 0.3) is 0 Å². The standard InChI is InChI=1S/C21H27N3O6Si/c1-13-12-22-14-7-8-15(30-21-23-16(26-2)11-17(24-21)27-3)18(19(14)29-13)20(25)28-9-10-31(4,5)6/h7-8,11,22H,1,9-10,12H2,2-6H3. The van der Waals surface area contributed by atoms with Crippen LogP contribution in [0.5, 0.6) is 29.3 Å². The third-order valence-electron chi connectivity index (χ3n) is 4.41. The molecule has 1 aliphatic rings. The van der Waals surface area contributed by atoms with Crippen LogP contribution in [-0.4, -0.2) is 51.4 Å². The summed E-state index contributed by atoms with van der Waals surface area (Å²) in [7, 11) is 1.56. The Bertz CT molecular complexity index is 968. The summed E-state index contributed by atoms with van der Waals surface area (Å²) in [5, 5.41) is 3.16. The van der Waals surface area contributed by atoms with E-state index in [4.69, 9.17) is 23.7 Å². The molecule has 0 aliphatic carbocycles. The van der Waals surface area contributed by atoms with Gasteiger partial charge in [0.1, 0.15) is 17.1 Å². The van der Waals surface area contributed by atoms with Crippen LogP contribution in [0.2, 0.25) is 25.7 Å². The predicted octanol–water partition coefficient (Wildman–Crippen LogP) is 4.10. The first-order valence-corrected chi connectivity index (χ1v) is 13.5. The SMILES string of the molecule is C=C1CNc2ccc(Oc3nc(OC)cc(OC)n3)c(C(=O)OCC[Si](C)(C)C)c2O1. The fourth-order valence-electron chi connectivity index (χ4n) is 2.72. The molecule has 0 bridgehead atoms. The van der Waals surface area contributed by atoms with E-state index in [9.17, 15) is 4.79 Å². The van der Waals surface area contributed by atoms with Crippen molar-refractivity contribution < 1.29 is 28.5 Å². The van der Waals surface area contributed by atoms with E-state index in [-0.39, 0.29) is 29.1 Å². The van der Waals surface area contributed by atoms with Crippen molar-refractivity contribution in [3.05, 3.63) is 36.1 Å². The molecular formula is C21H27N3O6Si. The maximum absolute atomic E-state index is 13.1. The summed E-state index contributed by atoms with van der Waals surface area (Å²) < 4.78 is 27.5. The lowest BCUT2D eigenvalue weighted by Crippen LogP contribution is -2.23. The van der Waals surface area contributed by atoms with Crippen LogP contribution in [0.25, 0.3) is 0 Å². The molecule has 2 heterocycles. The van der Waals surface area contributed by atoms with Gasteiger partial charge < -0.3 is 29.0 Å². The largest absolute Gasteiger partial charge is 0.481 e. The van der Waals surface area contributed by atoms with Crippen molar-refractivity contribution in [3.8, 4) is 29.3 Å². The van der Waals surface area contributed by atoms with Crippen molar-refractivity contribution >= 4 is 19.7 Å². The monoisotopic (exact) mass is 445 g/mol. The molecule has 9 nitrogen and oxygen atoms in total. The number of fused-ring (bicyclic) bond motifs is 1. The molecule has 0 saturated carbocycles. The zero-order valence-corrected chi connectivity index (χ0v) is 19.4. The first-order chi connectivity index (χ1) is 14.7. The third kappa shape index (κ3) is 5.66. The summed E-state index contributed by atoms with van der Waals surface area (Å²) >= 11 is 0. The van der Waals surface area contributed by atoms with Gasteiger partial charge in [-0.2, -0.15) is 9.97 Å². The first-order valence-electron chi connectivity index (χ1n) is 9.78. The lowest BCUT2D eigenvalue weighted by Gasteiger charge is -2.24. The summed E-state index contributed by atoms with van der Waals surface area (Å²) in [5.41, 5.74) is 0.771. The molecule has 0 radical (unpaired) electrons. The van der Waals surface area contributed by atoms with Gasteiger partial charge in [0.2, 0.25) is 11.8 Å². The van der Waals surface area contributed by atoms with Crippen molar-refractivity contribution in [2.24, 2.45) is 0 Å². The van der Waals surface area contributed by atoms with Gasteiger partial charge in [0, 0.05) is 8.07 Å². The molecule has 0 fully saturated rings. The summed E-state index contributed by atoms with van der Waals surface area (Å²) in [6.07, 6.45) is 0. The van der Waals surface area contributed by atoms with E-state index in [0.29, 0.717) is 30.3 Å². The number of hydrogen-bond donors (Lipinski definition) is 1. The molecule has 0 atom stereocenters. The van der Waals surface area contributed by atoms with Gasteiger partial charge in [-0.15, -0.1) is 0 Å². The maximum Gasteiger partial charge on any atom is 0.345 e. The Morgan fingerprint density at radius 1 is 1.19 bits per heavy atom. The van der Waals surface area contributed by atoms with Crippen molar-refractivity contribution in [1.82, 2.24) is 9.97 Å². The van der Waals surface area contributed by atoms with Crippen LogP contribution in [0.4, 0.5) is 5.69 Å². The highest BCUT2D eigenvalue weighted by molar-refractivity contribution is 6.76. The minimum atomic E-state index is -1.37. The maximum atomic E-state index is 13.1. The predicted molar refractivity (Wildman–Crippen MR) is 118 cm³/mol. The Hall–Kier alpha value is -3.27. The number of aromatic nitrogens is 2. The number of hydrogen-bond acceptors (Lipinski definition) is 9. The van der Waals surface area contributed by atoms with Gasteiger partial charge in [-0.1, -0.05) is 26.2 Å². The molecule has 0 spiro atoms. The minimum absolute atomic E-state index is 0.0464. The fraction of sp³-hybridized carbons (Fsp3) is 0.381. The number of nitrogens with one attached hydrogen (secondary N) is 1. The molecule has 2 aromatic rings. The number of nitrogens with zero attached hydrogens (tertiary/aromatic N) is 2. The van der Waals surface area contributed by atoms with E-state index in [1.165, 1.54) is 20.3 Å². The normalized spacial score (nSPS) is 12.9. The number of benzene rings is 1. The summed E-state index contributed by atoms with van der Waals surface area (Å²) in [6.45, 7) is 11.2. The molecule has 0 unspecified atom stereocenters. The van der Waals surface area contributed by atoms with Crippen molar-refractivity contribution in [2.75, 3.05) is 32.7 Å². The number of carbonyl (C=O) groups excluding carboxylic acids is 1. The Balaban J connectivity index is 1.97. The number of rotatable bonds is 8. The molecule has 166 valence electrons. The molecule has 0 saturated heterocycles. The first kappa shape index (κ1) is 22.4. The van der Waals surface area contributed by atoms with Gasteiger partial charge >= 0.3 is 12.0 Å². The van der Waals surface area contributed by atoms with Crippen LogP contribution in [0, 0.1) is 0 Å². The van der Waals surface area contributed by atoms with E-state index >= 15 is 0 Å².